The zero-order valence-electron chi connectivity index (χ0n) is 9.14. The van der Waals surface area contributed by atoms with Gasteiger partial charge < -0.3 is 15.2 Å². The Kier molecular flexibility index (Phi) is 5.11. The largest absolute Gasteiger partial charge is 0.480 e. The van der Waals surface area contributed by atoms with E-state index in [0.717, 1.165) is 4.47 Å². The second-order valence-electron chi connectivity index (χ2n) is 3.33. The Balaban J connectivity index is 2.70. The predicted molar refractivity (Wildman–Crippen MR) is 64.9 cm³/mol. The molecule has 0 fully saturated rings. The van der Waals surface area contributed by atoms with Crippen LogP contribution in [0, 0.1) is 0 Å². The highest BCUT2D eigenvalue weighted by atomic mass is 79.9. The first-order valence-electron chi connectivity index (χ1n) is 4.82. The normalized spacial score (nSPS) is 11.9. The van der Waals surface area contributed by atoms with Gasteiger partial charge in [-0.1, -0.05) is 15.9 Å². The highest BCUT2D eigenvalue weighted by molar-refractivity contribution is 9.10. The zero-order valence-corrected chi connectivity index (χ0v) is 10.7. The van der Waals surface area contributed by atoms with Crippen molar-refractivity contribution in [3.8, 4) is 0 Å². The number of methoxy groups -OCH3 is 1. The van der Waals surface area contributed by atoms with Crippen LogP contribution in [0.1, 0.15) is 10.4 Å². The molecule has 17 heavy (non-hydrogen) atoms. The first kappa shape index (κ1) is 13.7. The molecule has 6 heteroatoms. The predicted octanol–water partition coefficient (Wildman–Crippen LogP) is 1.28. The van der Waals surface area contributed by atoms with E-state index in [1.165, 1.54) is 7.11 Å². The van der Waals surface area contributed by atoms with E-state index in [4.69, 9.17) is 9.84 Å². The average molecular weight is 302 g/mol. The fourth-order valence-corrected chi connectivity index (χ4v) is 1.45. The summed E-state index contributed by atoms with van der Waals surface area (Å²) in [4.78, 5) is 22.5. The summed E-state index contributed by atoms with van der Waals surface area (Å²) in [5.41, 5.74) is 0.399. The van der Waals surface area contributed by atoms with Gasteiger partial charge in [0, 0.05) is 17.1 Å². The maximum atomic E-state index is 11.7. The van der Waals surface area contributed by atoms with Gasteiger partial charge in [-0.25, -0.2) is 4.79 Å². The minimum absolute atomic E-state index is 0.0718. The smallest absolute Gasteiger partial charge is 0.328 e. The zero-order chi connectivity index (χ0) is 12.8. The molecule has 5 nitrogen and oxygen atoms in total. The summed E-state index contributed by atoms with van der Waals surface area (Å²) in [5, 5.41) is 11.2. The summed E-state index contributed by atoms with van der Waals surface area (Å²) in [6.45, 7) is -0.0718. The monoisotopic (exact) mass is 301 g/mol. The summed E-state index contributed by atoms with van der Waals surface area (Å²) in [7, 11) is 1.38. The fourth-order valence-electron chi connectivity index (χ4n) is 1.18. The van der Waals surface area contributed by atoms with E-state index in [1.54, 1.807) is 24.3 Å². The molecule has 0 saturated heterocycles. The Morgan fingerprint density at radius 3 is 2.47 bits per heavy atom. The van der Waals surface area contributed by atoms with E-state index in [-0.39, 0.29) is 6.61 Å². The molecule has 0 spiro atoms. The van der Waals surface area contributed by atoms with Crippen LogP contribution in [0.4, 0.5) is 0 Å². The van der Waals surface area contributed by atoms with Gasteiger partial charge in [-0.15, -0.1) is 0 Å². The van der Waals surface area contributed by atoms with Crippen molar-refractivity contribution in [3.05, 3.63) is 34.3 Å². The number of aliphatic carboxylic acids is 1. The quantitative estimate of drug-likeness (QED) is 0.859. The van der Waals surface area contributed by atoms with Gasteiger partial charge in [0.2, 0.25) is 0 Å². The minimum atomic E-state index is -1.13. The maximum Gasteiger partial charge on any atom is 0.328 e. The lowest BCUT2D eigenvalue weighted by Gasteiger charge is -2.13. The molecule has 0 aliphatic rings. The fraction of sp³-hybridized carbons (Fsp3) is 0.273. The highest BCUT2D eigenvalue weighted by Gasteiger charge is 2.20. The molecule has 2 N–H and O–H groups in total. The number of carbonyl (C=O) groups is 2. The molecule has 1 amide bonds. The number of halogens is 1. The van der Waals surface area contributed by atoms with Crippen molar-refractivity contribution in [1.82, 2.24) is 5.32 Å². The van der Waals surface area contributed by atoms with Crippen LogP contribution in [-0.2, 0) is 9.53 Å². The van der Waals surface area contributed by atoms with Crippen LogP contribution in [-0.4, -0.2) is 36.7 Å². The van der Waals surface area contributed by atoms with Gasteiger partial charge in [-0.05, 0) is 24.3 Å². The van der Waals surface area contributed by atoms with Crippen molar-refractivity contribution in [1.29, 1.82) is 0 Å². The first-order valence-corrected chi connectivity index (χ1v) is 5.62. The molecular formula is C11H12BrNO4. The van der Waals surface area contributed by atoms with Crippen molar-refractivity contribution in [2.75, 3.05) is 13.7 Å². The van der Waals surface area contributed by atoms with Crippen LogP contribution in [0.15, 0.2) is 28.7 Å². The van der Waals surface area contributed by atoms with Crippen LogP contribution in [0.2, 0.25) is 0 Å². The van der Waals surface area contributed by atoms with Gasteiger partial charge in [0.1, 0.15) is 0 Å². The lowest BCUT2D eigenvalue weighted by Crippen LogP contribution is -2.43. The molecule has 0 aliphatic heterocycles. The molecule has 92 valence electrons. The molecule has 1 rings (SSSR count). The SMILES string of the molecule is COCC(NC(=O)c1ccc(Br)cc1)C(=O)O. The van der Waals surface area contributed by atoms with E-state index < -0.39 is 17.9 Å². The van der Waals surface area contributed by atoms with Crippen LogP contribution in [0.25, 0.3) is 0 Å². The Bertz CT molecular complexity index is 404. The molecule has 1 atom stereocenters. The van der Waals surface area contributed by atoms with Crippen molar-refractivity contribution in [2.45, 2.75) is 6.04 Å². The van der Waals surface area contributed by atoms with Gasteiger partial charge in [0.25, 0.3) is 5.91 Å². The Labute approximate surface area is 107 Å². The van der Waals surface area contributed by atoms with Crippen LogP contribution in [0.5, 0.6) is 0 Å². The maximum absolute atomic E-state index is 11.7. The Morgan fingerprint density at radius 1 is 1.41 bits per heavy atom. The molecule has 0 aliphatic carbocycles. The minimum Gasteiger partial charge on any atom is -0.480 e. The summed E-state index contributed by atoms with van der Waals surface area (Å²) < 4.78 is 5.57. The Morgan fingerprint density at radius 2 is 2.00 bits per heavy atom. The molecule has 1 unspecified atom stereocenters. The lowest BCUT2D eigenvalue weighted by molar-refractivity contribution is -0.140. The van der Waals surface area contributed by atoms with Crippen molar-refractivity contribution < 1.29 is 19.4 Å². The van der Waals surface area contributed by atoms with E-state index in [0.29, 0.717) is 5.56 Å². The molecule has 0 aromatic heterocycles. The van der Waals surface area contributed by atoms with Crippen molar-refractivity contribution in [3.63, 3.8) is 0 Å². The summed E-state index contributed by atoms with van der Waals surface area (Å²) >= 11 is 3.25. The number of nitrogens with one attached hydrogen (secondary N) is 1. The second-order valence-corrected chi connectivity index (χ2v) is 4.24. The number of amides is 1. The molecule has 1 aromatic carbocycles. The number of hydrogen-bond donors (Lipinski definition) is 2. The summed E-state index contributed by atoms with van der Waals surface area (Å²) in [6.07, 6.45) is 0. The number of carbonyl (C=O) groups excluding carboxylic acids is 1. The van der Waals surface area contributed by atoms with E-state index in [2.05, 4.69) is 21.2 Å². The van der Waals surface area contributed by atoms with Crippen LogP contribution >= 0.6 is 15.9 Å². The van der Waals surface area contributed by atoms with E-state index >= 15 is 0 Å². The van der Waals surface area contributed by atoms with Crippen molar-refractivity contribution >= 4 is 27.8 Å². The van der Waals surface area contributed by atoms with Crippen molar-refractivity contribution in [2.24, 2.45) is 0 Å². The van der Waals surface area contributed by atoms with Crippen LogP contribution in [0.3, 0.4) is 0 Å². The number of carboxylic acids is 1. The van der Waals surface area contributed by atoms with Gasteiger partial charge in [0.15, 0.2) is 6.04 Å². The standard InChI is InChI=1S/C11H12BrNO4/c1-17-6-9(11(15)16)13-10(14)7-2-4-8(12)5-3-7/h2-5,9H,6H2,1H3,(H,13,14)(H,15,16). The van der Waals surface area contributed by atoms with E-state index in [1.807, 2.05) is 0 Å². The molecule has 1 aromatic rings. The molecular weight excluding hydrogens is 290 g/mol. The number of hydrogen-bond acceptors (Lipinski definition) is 3. The Hall–Kier alpha value is -1.40. The molecule has 0 saturated carbocycles. The first-order chi connectivity index (χ1) is 8.04. The molecule has 0 radical (unpaired) electrons. The van der Waals surface area contributed by atoms with Gasteiger partial charge in [0.05, 0.1) is 6.61 Å². The highest BCUT2D eigenvalue weighted by Crippen LogP contribution is 2.10. The number of carboxylic acid groups (broad SMARTS) is 1. The number of ether oxygens (including phenoxy) is 1. The van der Waals surface area contributed by atoms with Gasteiger partial charge in [-0.2, -0.15) is 0 Å². The number of rotatable bonds is 5. The van der Waals surface area contributed by atoms with Gasteiger partial charge >= 0.3 is 5.97 Å². The third-order valence-corrected chi connectivity index (χ3v) is 2.57. The van der Waals surface area contributed by atoms with E-state index in [9.17, 15) is 9.59 Å². The summed E-state index contributed by atoms with van der Waals surface area (Å²) in [6, 6.07) is 5.58. The summed E-state index contributed by atoms with van der Waals surface area (Å²) in [5.74, 6) is -1.57. The molecule has 0 heterocycles. The lowest BCUT2D eigenvalue weighted by atomic mass is 10.2. The third kappa shape index (κ3) is 4.16. The topological polar surface area (TPSA) is 75.6 Å². The number of benzene rings is 1. The molecule has 0 bridgehead atoms. The van der Waals surface area contributed by atoms with Crippen LogP contribution < -0.4 is 5.32 Å². The average Bonchev–Trinajstić information content (AvgIpc) is 2.29. The third-order valence-electron chi connectivity index (χ3n) is 2.04. The second kappa shape index (κ2) is 6.36. The van der Waals surface area contributed by atoms with Gasteiger partial charge in [-0.3, -0.25) is 4.79 Å².